The quantitative estimate of drug-likeness (QED) is 0.352. The highest BCUT2D eigenvalue weighted by atomic mass is 35.5. The van der Waals surface area contributed by atoms with Gasteiger partial charge in [-0.05, 0) is 23.8 Å². The van der Waals surface area contributed by atoms with Crippen LogP contribution in [0.2, 0.25) is 5.02 Å². The summed E-state index contributed by atoms with van der Waals surface area (Å²) in [6.07, 6.45) is -3.81. The number of rotatable bonds is 5. The minimum absolute atomic E-state index is 0.0388. The van der Waals surface area contributed by atoms with Crippen LogP contribution in [0.4, 0.5) is 27.8 Å². The molecule has 0 bridgehead atoms. The summed E-state index contributed by atoms with van der Waals surface area (Å²) < 4.78 is 72.6. The number of imidazole rings is 1. The van der Waals surface area contributed by atoms with Gasteiger partial charge in [-0.1, -0.05) is 17.7 Å². The number of anilines is 1. The first-order valence-electron chi connectivity index (χ1n) is 10.8. The fourth-order valence-corrected chi connectivity index (χ4v) is 4.45. The van der Waals surface area contributed by atoms with E-state index >= 15 is 0 Å². The predicted molar refractivity (Wildman–Crippen MR) is 124 cm³/mol. The van der Waals surface area contributed by atoms with E-state index in [1.165, 1.54) is 21.6 Å². The topological polar surface area (TPSA) is 97.6 Å². The average molecular weight is 553 g/mol. The number of alkyl halides is 3. The van der Waals surface area contributed by atoms with Crippen LogP contribution in [0.15, 0.2) is 52.3 Å². The SMILES string of the molecule is N#CCn1c(N2CC(OC(F)(F)F)C2)c(-c2ccc(F)c(Cl)c2)c(=O)n(-c2cnc3cc(F)ccn23)c1=O. The molecule has 4 heterocycles. The zero-order valence-corrected chi connectivity index (χ0v) is 19.7. The standard InChI is InChI=1S/C23H14ClF5N6O3/c24-15-7-12(1-2-16(15)26)19-20(32-10-14(11-32)38-23(27,28)29)34(6-4-30)22(37)35(21(19)36)18-9-31-17-8-13(25)3-5-33(17)18/h1-3,5,7-9,14H,6,10-11H2. The lowest BCUT2D eigenvalue weighted by Gasteiger charge is -2.42. The molecule has 5 rings (SSSR count). The van der Waals surface area contributed by atoms with Crippen molar-refractivity contribution in [3.8, 4) is 23.0 Å². The second-order valence-electron chi connectivity index (χ2n) is 8.28. The summed E-state index contributed by atoms with van der Waals surface area (Å²) in [5.74, 6) is -1.67. The number of fused-ring (bicyclic) bond motifs is 1. The summed E-state index contributed by atoms with van der Waals surface area (Å²) in [5, 5.41) is 9.11. The van der Waals surface area contributed by atoms with Crippen LogP contribution < -0.4 is 16.1 Å². The fourth-order valence-electron chi connectivity index (χ4n) is 4.27. The second kappa shape index (κ2) is 9.26. The van der Waals surface area contributed by atoms with Crippen molar-refractivity contribution in [3.63, 3.8) is 0 Å². The highest BCUT2D eigenvalue weighted by Crippen LogP contribution is 2.34. The molecule has 0 saturated carbocycles. The zero-order chi connectivity index (χ0) is 27.4. The summed E-state index contributed by atoms with van der Waals surface area (Å²) in [6.45, 7) is -1.31. The molecule has 9 nitrogen and oxygen atoms in total. The molecule has 1 aliphatic heterocycles. The summed E-state index contributed by atoms with van der Waals surface area (Å²) in [7, 11) is 0. The van der Waals surface area contributed by atoms with Gasteiger partial charge in [0, 0.05) is 25.4 Å². The first-order valence-corrected chi connectivity index (χ1v) is 11.2. The Kier molecular flexibility index (Phi) is 6.20. The van der Waals surface area contributed by atoms with Gasteiger partial charge in [0.15, 0.2) is 0 Å². The van der Waals surface area contributed by atoms with Crippen molar-refractivity contribution in [1.29, 1.82) is 5.26 Å². The minimum Gasteiger partial charge on any atom is -0.352 e. The number of ether oxygens (including phenoxy) is 1. The molecule has 0 radical (unpaired) electrons. The first-order chi connectivity index (χ1) is 18.0. The van der Waals surface area contributed by atoms with Crippen molar-refractivity contribution in [3.05, 3.63) is 80.2 Å². The maximum atomic E-state index is 13.9. The van der Waals surface area contributed by atoms with Gasteiger partial charge >= 0.3 is 12.1 Å². The average Bonchev–Trinajstić information content (AvgIpc) is 3.22. The van der Waals surface area contributed by atoms with Crippen LogP contribution in [-0.4, -0.2) is 44.1 Å². The lowest BCUT2D eigenvalue weighted by molar-refractivity contribution is -0.344. The highest BCUT2D eigenvalue weighted by molar-refractivity contribution is 6.31. The van der Waals surface area contributed by atoms with Gasteiger partial charge < -0.3 is 4.90 Å². The molecule has 0 atom stereocenters. The van der Waals surface area contributed by atoms with E-state index in [0.717, 1.165) is 35.0 Å². The molecule has 1 aromatic carbocycles. The molecule has 0 N–H and O–H groups in total. The fraction of sp³-hybridized carbons (Fsp3) is 0.217. The Labute approximate surface area is 214 Å². The summed E-state index contributed by atoms with van der Waals surface area (Å²) >= 11 is 5.94. The van der Waals surface area contributed by atoms with E-state index in [2.05, 4.69) is 9.72 Å². The molecule has 0 unspecified atom stereocenters. The Morgan fingerprint density at radius 1 is 1.16 bits per heavy atom. The van der Waals surface area contributed by atoms with Crippen molar-refractivity contribution in [2.45, 2.75) is 19.0 Å². The van der Waals surface area contributed by atoms with Crippen LogP contribution in [0.5, 0.6) is 0 Å². The highest BCUT2D eigenvalue weighted by Gasteiger charge is 2.41. The molecule has 0 aliphatic carbocycles. The molecule has 0 spiro atoms. The number of aromatic nitrogens is 4. The van der Waals surface area contributed by atoms with E-state index in [4.69, 9.17) is 11.6 Å². The van der Waals surface area contributed by atoms with Gasteiger partial charge in [0.25, 0.3) is 5.56 Å². The van der Waals surface area contributed by atoms with E-state index in [0.29, 0.717) is 4.57 Å². The zero-order valence-electron chi connectivity index (χ0n) is 18.9. The van der Waals surface area contributed by atoms with E-state index in [9.17, 15) is 36.8 Å². The van der Waals surface area contributed by atoms with E-state index < -0.39 is 41.9 Å². The molecule has 1 aliphatic rings. The third kappa shape index (κ3) is 4.39. The largest absolute Gasteiger partial charge is 0.522 e. The number of nitriles is 1. The van der Waals surface area contributed by atoms with Crippen LogP contribution in [0, 0.1) is 23.0 Å². The number of pyridine rings is 1. The van der Waals surface area contributed by atoms with Crippen molar-refractivity contribution >= 4 is 23.1 Å². The number of hydrogen-bond acceptors (Lipinski definition) is 6. The normalized spacial score (nSPS) is 14.1. The van der Waals surface area contributed by atoms with Crippen LogP contribution >= 0.6 is 11.6 Å². The molecule has 38 heavy (non-hydrogen) atoms. The van der Waals surface area contributed by atoms with E-state index in [-0.39, 0.29) is 46.5 Å². The molecule has 4 aromatic rings. The lowest BCUT2D eigenvalue weighted by Crippen LogP contribution is -2.57. The lowest BCUT2D eigenvalue weighted by atomic mass is 10.0. The first kappa shape index (κ1) is 25.4. The number of benzene rings is 1. The maximum absolute atomic E-state index is 13.9. The van der Waals surface area contributed by atoms with Crippen molar-refractivity contribution < 1.29 is 26.7 Å². The molecule has 0 amide bonds. The summed E-state index contributed by atoms with van der Waals surface area (Å²) in [6, 6.07) is 7.26. The van der Waals surface area contributed by atoms with Gasteiger partial charge in [0.05, 0.1) is 22.9 Å². The van der Waals surface area contributed by atoms with Crippen LogP contribution in [0.1, 0.15) is 0 Å². The van der Waals surface area contributed by atoms with Crippen LogP contribution in [0.3, 0.4) is 0 Å². The van der Waals surface area contributed by atoms with Crippen LogP contribution in [0.25, 0.3) is 22.6 Å². The number of hydrogen-bond donors (Lipinski definition) is 0. The van der Waals surface area contributed by atoms with Gasteiger partial charge in [0.1, 0.15) is 41.6 Å². The predicted octanol–water partition coefficient (Wildman–Crippen LogP) is 3.49. The number of halogens is 6. The Hall–Kier alpha value is -4.22. The van der Waals surface area contributed by atoms with Gasteiger partial charge in [-0.3, -0.25) is 18.5 Å². The Morgan fingerprint density at radius 2 is 1.89 bits per heavy atom. The van der Waals surface area contributed by atoms with E-state index in [1.807, 2.05) is 0 Å². The third-order valence-electron chi connectivity index (χ3n) is 5.89. The minimum atomic E-state index is -4.90. The van der Waals surface area contributed by atoms with Gasteiger partial charge in [-0.15, -0.1) is 13.2 Å². The summed E-state index contributed by atoms with van der Waals surface area (Å²) in [4.78, 5) is 32.8. The molecule has 15 heteroatoms. The van der Waals surface area contributed by atoms with Gasteiger partial charge in [-0.25, -0.2) is 23.1 Å². The smallest absolute Gasteiger partial charge is 0.352 e. The second-order valence-corrected chi connectivity index (χ2v) is 8.68. The molecule has 1 fully saturated rings. The third-order valence-corrected chi connectivity index (χ3v) is 6.18. The van der Waals surface area contributed by atoms with Crippen molar-refractivity contribution in [1.82, 2.24) is 18.5 Å². The summed E-state index contributed by atoms with van der Waals surface area (Å²) in [5.41, 5.74) is -2.08. The Balaban J connectivity index is 1.78. The Morgan fingerprint density at radius 3 is 2.55 bits per heavy atom. The molecular weight excluding hydrogens is 539 g/mol. The van der Waals surface area contributed by atoms with Gasteiger partial charge in [0.2, 0.25) is 0 Å². The van der Waals surface area contributed by atoms with Crippen molar-refractivity contribution in [2.24, 2.45) is 0 Å². The molecular formula is C23H14ClF5N6O3. The monoisotopic (exact) mass is 552 g/mol. The number of nitrogens with zero attached hydrogens (tertiary/aromatic N) is 6. The molecule has 1 saturated heterocycles. The molecule has 3 aromatic heterocycles. The van der Waals surface area contributed by atoms with Gasteiger partial charge in [-0.2, -0.15) is 5.26 Å². The van der Waals surface area contributed by atoms with Crippen molar-refractivity contribution in [2.75, 3.05) is 18.0 Å². The molecule has 196 valence electrons. The Bertz CT molecular complexity index is 1730. The maximum Gasteiger partial charge on any atom is 0.522 e. The van der Waals surface area contributed by atoms with E-state index in [1.54, 1.807) is 6.07 Å². The van der Waals surface area contributed by atoms with Crippen LogP contribution in [-0.2, 0) is 11.3 Å².